The second-order valence-electron chi connectivity index (χ2n) is 12.8. The molecule has 0 aromatic carbocycles. The van der Waals surface area contributed by atoms with Crippen molar-refractivity contribution >= 4 is 6.71 Å². The van der Waals surface area contributed by atoms with Crippen LogP contribution >= 0.6 is 0 Å². The quantitative estimate of drug-likeness (QED) is 0.455. The number of nitrogens with one attached hydrogen (secondary N) is 4. The normalized spacial score (nSPS) is 50.7. The van der Waals surface area contributed by atoms with E-state index in [1.54, 1.807) is 0 Å². The van der Waals surface area contributed by atoms with Crippen LogP contribution in [0.5, 0.6) is 0 Å². The van der Waals surface area contributed by atoms with E-state index in [4.69, 9.17) is 4.74 Å². The molecule has 184 valence electrons. The van der Waals surface area contributed by atoms with Gasteiger partial charge in [0.25, 0.3) is 0 Å². The van der Waals surface area contributed by atoms with Crippen molar-refractivity contribution in [2.75, 3.05) is 26.2 Å². The van der Waals surface area contributed by atoms with E-state index in [1.165, 1.54) is 96.6 Å². The summed E-state index contributed by atoms with van der Waals surface area (Å²) in [4.78, 5) is 0. The zero-order valence-electron chi connectivity index (χ0n) is 20.7. The van der Waals surface area contributed by atoms with Gasteiger partial charge in [0.15, 0.2) is 6.71 Å². The highest BCUT2D eigenvalue weighted by molar-refractivity contribution is 6.64. The fourth-order valence-corrected chi connectivity index (χ4v) is 10.9. The van der Waals surface area contributed by atoms with Crippen LogP contribution in [0.4, 0.5) is 0 Å². The van der Waals surface area contributed by atoms with Gasteiger partial charge in [0.05, 0.1) is 0 Å². The highest BCUT2D eigenvalue weighted by atomic mass is 16.5. The Kier molecular flexibility index (Phi) is 6.07. The molecule has 7 rings (SSSR count). The van der Waals surface area contributed by atoms with Crippen LogP contribution in [-0.4, -0.2) is 57.4 Å². The molecule has 6 heterocycles. The van der Waals surface area contributed by atoms with Gasteiger partial charge in [0, 0.05) is 29.3 Å². The van der Waals surface area contributed by atoms with Gasteiger partial charge < -0.3 is 15.4 Å². The molecule has 0 aromatic rings. The average molecular weight is 455 g/mol. The molecule has 8 unspecified atom stereocenters. The first kappa shape index (κ1) is 22.1. The Morgan fingerprint density at radius 2 is 1.06 bits per heavy atom. The Bertz CT molecular complexity index is 654. The number of fused-ring (bicyclic) bond motifs is 8. The van der Waals surface area contributed by atoms with Gasteiger partial charge >= 0.3 is 0 Å². The van der Waals surface area contributed by atoms with Crippen LogP contribution in [0.15, 0.2) is 0 Å². The third-order valence-electron chi connectivity index (χ3n) is 11.7. The monoisotopic (exact) mass is 454 g/mol. The van der Waals surface area contributed by atoms with E-state index < -0.39 is 0 Å². The Morgan fingerprint density at radius 3 is 1.64 bits per heavy atom. The lowest BCUT2D eigenvalue weighted by Gasteiger charge is -2.71. The number of hydrogen-bond acceptors (Lipinski definition) is 5. The zero-order chi connectivity index (χ0) is 21.8. The molecule has 1 spiro atoms. The summed E-state index contributed by atoms with van der Waals surface area (Å²) in [6, 6.07) is 1.35. The van der Waals surface area contributed by atoms with Crippen molar-refractivity contribution in [2.24, 2.45) is 17.3 Å². The molecule has 0 bridgehead atoms. The van der Waals surface area contributed by atoms with Crippen LogP contribution < -0.4 is 21.3 Å². The van der Waals surface area contributed by atoms with Gasteiger partial charge in [-0.25, -0.2) is 0 Å². The molecule has 33 heavy (non-hydrogen) atoms. The van der Waals surface area contributed by atoms with Gasteiger partial charge in [-0.15, -0.1) is 0 Å². The van der Waals surface area contributed by atoms with E-state index in [-0.39, 0.29) is 12.5 Å². The second-order valence-corrected chi connectivity index (χ2v) is 12.8. The van der Waals surface area contributed by atoms with E-state index in [0.29, 0.717) is 29.3 Å². The van der Waals surface area contributed by atoms with Crippen LogP contribution in [0.3, 0.4) is 0 Å². The molecule has 6 saturated heterocycles. The summed E-state index contributed by atoms with van der Waals surface area (Å²) in [5.41, 5.74) is 0.329. The van der Waals surface area contributed by atoms with Crippen molar-refractivity contribution in [1.82, 2.24) is 21.3 Å². The van der Waals surface area contributed by atoms with E-state index in [1.807, 2.05) is 0 Å². The van der Waals surface area contributed by atoms with Crippen LogP contribution in [0.2, 0.25) is 17.5 Å². The highest BCUT2D eigenvalue weighted by Gasteiger charge is 2.70. The fourth-order valence-electron chi connectivity index (χ4n) is 10.9. The first-order valence-corrected chi connectivity index (χ1v) is 15.0. The topological polar surface area (TPSA) is 57.4 Å². The van der Waals surface area contributed by atoms with Gasteiger partial charge in [0.1, 0.15) is 12.5 Å². The molecule has 1 aliphatic carbocycles. The first-order valence-electron chi connectivity index (χ1n) is 15.0. The lowest BCUT2D eigenvalue weighted by atomic mass is 9.17. The molecule has 0 amide bonds. The van der Waals surface area contributed by atoms with E-state index in [9.17, 15) is 0 Å². The summed E-state index contributed by atoms with van der Waals surface area (Å²) < 4.78 is 6.85. The number of hydrogen-bond donors (Lipinski definition) is 4. The predicted molar refractivity (Wildman–Crippen MR) is 135 cm³/mol. The zero-order valence-corrected chi connectivity index (χ0v) is 20.7. The minimum absolute atomic E-state index is 0.241. The average Bonchev–Trinajstić information content (AvgIpc) is 2.89. The van der Waals surface area contributed by atoms with Crippen molar-refractivity contribution in [3.05, 3.63) is 0 Å². The van der Waals surface area contributed by atoms with Crippen molar-refractivity contribution in [3.8, 4) is 0 Å². The molecule has 0 aromatic heterocycles. The van der Waals surface area contributed by atoms with Gasteiger partial charge in [0.2, 0.25) is 0 Å². The SMILES string of the molecule is C1CCC(B2C3CCCNC3C3(C4CCCNC4OC4NCCCC43)C3NCCCC23)CC1. The van der Waals surface area contributed by atoms with E-state index >= 15 is 0 Å². The molecule has 7 fully saturated rings. The van der Waals surface area contributed by atoms with Gasteiger partial charge in [-0.05, 0) is 76.3 Å². The number of rotatable bonds is 1. The fraction of sp³-hybridized carbons (Fsp3) is 1.00. The standard InChI is InChI=1S/C27H47BN4O/c1-2-8-18(9-3-1)28-21-12-6-14-29-23(21)27(24-22(28)13-7-15-30-24)19-10-4-16-31-25(19)33-26-20(27)11-5-17-32-26/h18-26,29-32H,1-17H2. The highest BCUT2D eigenvalue weighted by Crippen LogP contribution is 2.66. The Balaban J connectivity index is 1.36. The van der Waals surface area contributed by atoms with Crippen LogP contribution in [0.1, 0.15) is 83.5 Å². The summed E-state index contributed by atoms with van der Waals surface area (Å²) in [6.07, 6.45) is 19.0. The molecule has 6 aliphatic heterocycles. The lowest BCUT2D eigenvalue weighted by Crippen LogP contribution is -2.80. The van der Waals surface area contributed by atoms with Crippen molar-refractivity contribution in [1.29, 1.82) is 0 Å². The van der Waals surface area contributed by atoms with Crippen LogP contribution in [-0.2, 0) is 4.74 Å². The number of piperidine rings is 4. The largest absolute Gasteiger partial charge is 0.345 e. The van der Waals surface area contributed by atoms with Crippen molar-refractivity contribution in [2.45, 2.75) is 125 Å². The number of ether oxygens (including phenoxy) is 1. The predicted octanol–water partition coefficient (Wildman–Crippen LogP) is 3.74. The summed E-state index contributed by atoms with van der Waals surface area (Å²) >= 11 is 0. The van der Waals surface area contributed by atoms with Gasteiger partial charge in [-0.1, -0.05) is 50.8 Å². The summed E-state index contributed by atoms with van der Waals surface area (Å²) in [5.74, 6) is 4.04. The molecule has 1 saturated carbocycles. The molecule has 6 heteroatoms. The van der Waals surface area contributed by atoms with Crippen LogP contribution in [0, 0.1) is 17.3 Å². The summed E-state index contributed by atoms with van der Waals surface area (Å²) in [5, 5.41) is 16.3. The maximum absolute atomic E-state index is 6.85. The van der Waals surface area contributed by atoms with Crippen molar-refractivity contribution < 1.29 is 4.74 Å². The maximum atomic E-state index is 6.85. The maximum Gasteiger partial charge on any atom is 0.153 e. The molecule has 4 N–H and O–H groups in total. The van der Waals surface area contributed by atoms with Crippen molar-refractivity contribution in [3.63, 3.8) is 0 Å². The van der Waals surface area contributed by atoms with E-state index in [2.05, 4.69) is 21.3 Å². The molecule has 8 atom stereocenters. The van der Waals surface area contributed by atoms with Gasteiger partial charge in [-0.3, -0.25) is 10.6 Å². The van der Waals surface area contributed by atoms with E-state index in [0.717, 1.165) is 37.3 Å². The Morgan fingerprint density at radius 1 is 0.545 bits per heavy atom. The van der Waals surface area contributed by atoms with Crippen LogP contribution in [0.25, 0.3) is 0 Å². The minimum atomic E-state index is 0.241. The third kappa shape index (κ3) is 3.37. The Labute approximate surface area is 201 Å². The van der Waals surface area contributed by atoms with Gasteiger partial charge in [-0.2, -0.15) is 0 Å². The molecule has 5 nitrogen and oxygen atoms in total. The molecular weight excluding hydrogens is 407 g/mol. The second kappa shape index (κ2) is 9.07. The Hall–Kier alpha value is -0.135. The first-order chi connectivity index (χ1) is 16.4. The molecule has 0 radical (unpaired) electrons. The molecular formula is C27H47BN4O. The minimum Gasteiger partial charge on any atom is -0.345 e. The smallest absolute Gasteiger partial charge is 0.153 e. The summed E-state index contributed by atoms with van der Waals surface area (Å²) in [6.45, 7) is 5.66. The lowest BCUT2D eigenvalue weighted by molar-refractivity contribution is -0.249. The molecule has 7 aliphatic rings. The summed E-state index contributed by atoms with van der Waals surface area (Å²) in [7, 11) is 0. The third-order valence-corrected chi connectivity index (χ3v) is 11.7.